The summed E-state index contributed by atoms with van der Waals surface area (Å²) >= 11 is 0. The number of likely N-dealkylation sites (N-methyl/N-ethyl adjacent to an activating group) is 1. The maximum Gasteiger partial charge on any atom is 0.315 e. The zero-order valence-corrected chi connectivity index (χ0v) is 17.4. The number of nitrogens with zero attached hydrogens (tertiary/aromatic N) is 3. The molecule has 7 heteroatoms. The Morgan fingerprint density at radius 1 is 1.13 bits per heavy atom. The van der Waals surface area contributed by atoms with E-state index in [0.29, 0.717) is 12.3 Å². The molecule has 1 fully saturated rings. The number of carbonyl (C=O) groups excluding carboxylic acids is 1. The quantitative estimate of drug-likeness (QED) is 0.702. The van der Waals surface area contributed by atoms with Crippen molar-refractivity contribution < 1.29 is 9.53 Å². The molecular formula is C23H29N5O2. The van der Waals surface area contributed by atoms with E-state index in [-0.39, 0.29) is 18.7 Å². The molecular weight excluding hydrogens is 378 g/mol. The molecule has 2 N–H and O–H groups in total. The lowest BCUT2D eigenvalue weighted by Gasteiger charge is -2.35. The van der Waals surface area contributed by atoms with Gasteiger partial charge in [-0.25, -0.2) is 4.79 Å². The maximum atomic E-state index is 12.6. The van der Waals surface area contributed by atoms with Gasteiger partial charge in [0.2, 0.25) is 0 Å². The van der Waals surface area contributed by atoms with Crippen LogP contribution in [0, 0.1) is 11.3 Å². The van der Waals surface area contributed by atoms with Crippen molar-refractivity contribution in [3.05, 3.63) is 65.7 Å². The molecule has 1 atom stereocenters. The smallest absolute Gasteiger partial charge is 0.315 e. The molecule has 1 saturated heterocycles. The Labute approximate surface area is 178 Å². The summed E-state index contributed by atoms with van der Waals surface area (Å²) in [5.41, 5.74) is 2.01. The Morgan fingerprint density at radius 2 is 1.90 bits per heavy atom. The van der Waals surface area contributed by atoms with E-state index in [1.807, 2.05) is 42.5 Å². The molecule has 3 rings (SSSR count). The third-order valence-electron chi connectivity index (χ3n) is 5.20. The molecule has 1 heterocycles. The average molecular weight is 408 g/mol. The van der Waals surface area contributed by atoms with Crippen molar-refractivity contribution in [3.63, 3.8) is 0 Å². The molecule has 1 aliphatic rings. The van der Waals surface area contributed by atoms with Gasteiger partial charge in [-0.05, 0) is 30.3 Å². The van der Waals surface area contributed by atoms with Crippen LogP contribution in [-0.2, 0) is 6.54 Å². The summed E-state index contributed by atoms with van der Waals surface area (Å²) in [5.74, 6) is 0.619. The largest absolute Gasteiger partial charge is 0.479 e. The van der Waals surface area contributed by atoms with Crippen LogP contribution in [0.25, 0.3) is 0 Å². The number of piperazine rings is 1. The van der Waals surface area contributed by atoms with Crippen molar-refractivity contribution in [1.29, 1.82) is 5.26 Å². The number of carbonyl (C=O) groups is 1. The summed E-state index contributed by atoms with van der Waals surface area (Å²) in [6.07, 6.45) is 0. The second kappa shape index (κ2) is 11.2. The molecule has 0 spiro atoms. The van der Waals surface area contributed by atoms with Gasteiger partial charge in [0.15, 0.2) is 6.61 Å². The number of rotatable bonds is 8. The normalized spacial score (nSPS) is 15.7. The molecule has 2 aromatic carbocycles. The van der Waals surface area contributed by atoms with E-state index in [0.717, 1.165) is 43.9 Å². The first kappa shape index (κ1) is 21.6. The molecule has 2 amide bonds. The first-order valence-corrected chi connectivity index (χ1v) is 10.2. The molecule has 0 aliphatic carbocycles. The minimum absolute atomic E-state index is 0.00240. The van der Waals surface area contributed by atoms with Crippen LogP contribution in [0.4, 0.5) is 4.79 Å². The summed E-state index contributed by atoms with van der Waals surface area (Å²) in [6, 6.07) is 19.1. The van der Waals surface area contributed by atoms with Crippen molar-refractivity contribution in [1.82, 2.24) is 20.4 Å². The summed E-state index contributed by atoms with van der Waals surface area (Å²) < 4.78 is 5.32. The fourth-order valence-corrected chi connectivity index (χ4v) is 3.46. The molecule has 0 bridgehead atoms. The van der Waals surface area contributed by atoms with Crippen LogP contribution in [0.3, 0.4) is 0 Å². The van der Waals surface area contributed by atoms with Gasteiger partial charge in [-0.2, -0.15) is 5.26 Å². The minimum Gasteiger partial charge on any atom is -0.479 e. The van der Waals surface area contributed by atoms with Crippen LogP contribution in [0.15, 0.2) is 54.6 Å². The van der Waals surface area contributed by atoms with Crippen LogP contribution in [0.1, 0.15) is 17.2 Å². The van der Waals surface area contributed by atoms with E-state index >= 15 is 0 Å². The molecule has 0 aromatic heterocycles. The van der Waals surface area contributed by atoms with Gasteiger partial charge >= 0.3 is 6.03 Å². The summed E-state index contributed by atoms with van der Waals surface area (Å²) in [6.45, 7) is 5.24. The second-order valence-corrected chi connectivity index (χ2v) is 7.49. The Kier molecular flexibility index (Phi) is 8.07. The zero-order chi connectivity index (χ0) is 21.2. The lowest BCUT2D eigenvalue weighted by atomic mass is 10.1. The standard InChI is InChI=1S/C23H29N5O2/c1-27-11-13-28(14-12-27)18-22(20-7-3-2-4-8-20)26-23(29)25-17-19-6-5-9-21(16-19)30-15-10-24/h2-9,16,22H,11-15,17-18H2,1H3,(H2,25,26,29). The van der Waals surface area contributed by atoms with Crippen LogP contribution in [-0.4, -0.2) is 62.2 Å². The highest BCUT2D eigenvalue weighted by Crippen LogP contribution is 2.16. The average Bonchev–Trinajstić information content (AvgIpc) is 2.78. The number of hydrogen-bond acceptors (Lipinski definition) is 5. The fraction of sp³-hybridized carbons (Fsp3) is 0.391. The van der Waals surface area contributed by atoms with Crippen LogP contribution in [0.2, 0.25) is 0 Å². The predicted molar refractivity (Wildman–Crippen MR) is 116 cm³/mol. The van der Waals surface area contributed by atoms with Gasteiger partial charge in [0.25, 0.3) is 0 Å². The topological polar surface area (TPSA) is 80.6 Å². The Morgan fingerprint density at radius 3 is 2.63 bits per heavy atom. The van der Waals surface area contributed by atoms with Crippen molar-refractivity contribution >= 4 is 6.03 Å². The second-order valence-electron chi connectivity index (χ2n) is 7.49. The highest BCUT2D eigenvalue weighted by Gasteiger charge is 2.21. The van der Waals surface area contributed by atoms with Crippen molar-refractivity contribution in [2.24, 2.45) is 0 Å². The zero-order valence-electron chi connectivity index (χ0n) is 17.4. The van der Waals surface area contributed by atoms with Crippen molar-refractivity contribution in [2.75, 3.05) is 46.4 Å². The number of hydrogen-bond donors (Lipinski definition) is 2. The lowest BCUT2D eigenvalue weighted by molar-refractivity contribution is 0.142. The number of benzene rings is 2. The van der Waals surface area contributed by atoms with E-state index < -0.39 is 0 Å². The summed E-state index contributed by atoms with van der Waals surface area (Å²) in [7, 11) is 2.14. The third kappa shape index (κ3) is 6.76. The molecule has 2 aromatic rings. The number of amides is 2. The van der Waals surface area contributed by atoms with E-state index in [9.17, 15) is 4.79 Å². The third-order valence-corrected chi connectivity index (χ3v) is 5.20. The molecule has 7 nitrogen and oxygen atoms in total. The molecule has 1 unspecified atom stereocenters. The molecule has 30 heavy (non-hydrogen) atoms. The van der Waals surface area contributed by atoms with Gasteiger partial charge < -0.3 is 20.3 Å². The fourth-order valence-electron chi connectivity index (χ4n) is 3.46. The first-order chi connectivity index (χ1) is 14.6. The van der Waals surface area contributed by atoms with Gasteiger partial charge in [-0.3, -0.25) is 4.90 Å². The SMILES string of the molecule is CN1CCN(CC(NC(=O)NCc2cccc(OCC#N)c2)c2ccccc2)CC1. The summed E-state index contributed by atoms with van der Waals surface area (Å²) in [5, 5.41) is 14.7. The Balaban J connectivity index is 1.57. The van der Waals surface area contributed by atoms with Gasteiger partial charge in [-0.1, -0.05) is 42.5 Å². The van der Waals surface area contributed by atoms with Gasteiger partial charge in [0.05, 0.1) is 6.04 Å². The van der Waals surface area contributed by atoms with Crippen molar-refractivity contribution in [3.8, 4) is 11.8 Å². The van der Waals surface area contributed by atoms with E-state index in [4.69, 9.17) is 10.00 Å². The van der Waals surface area contributed by atoms with Gasteiger partial charge in [0.1, 0.15) is 11.8 Å². The Hall–Kier alpha value is -3.08. The lowest BCUT2D eigenvalue weighted by Crippen LogP contribution is -2.48. The molecule has 0 saturated carbocycles. The highest BCUT2D eigenvalue weighted by molar-refractivity contribution is 5.74. The maximum absolute atomic E-state index is 12.6. The molecule has 0 radical (unpaired) electrons. The van der Waals surface area contributed by atoms with Crippen molar-refractivity contribution in [2.45, 2.75) is 12.6 Å². The highest BCUT2D eigenvalue weighted by atomic mass is 16.5. The Bertz CT molecular complexity index is 844. The monoisotopic (exact) mass is 407 g/mol. The summed E-state index contributed by atoms with van der Waals surface area (Å²) in [4.78, 5) is 17.3. The van der Waals surface area contributed by atoms with Crippen LogP contribution < -0.4 is 15.4 Å². The predicted octanol–water partition coefficient (Wildman–Crippen LogP) is 2.38. The number of nitrogens with one attached hydrogen (secondary N) is 2. The van der Waals surface area contributed by atoms with E-state index in [2.05, 4.69) is 39.6 Å². The van der Waals surface area contributed by atoms with E-state index in [1.54, 1.807) is 6.07 Å². The minimum atomic E-state index is -0.207. The van der Waals surface area contributed by atoms with Gasteiger partial charge in [0, 0.05) is 39.3 Å². The number of urea groups is 1. The van der Waals surface area contributed by atoms with Crippen LogP contribution >= 0.6 is 0 Å². The number of nitriles is 1. The van der Waals surface area contributed by atoms with Gasteiger partial charge in [-0.15, -0.1) is 0 Å². The number of ether oxygens (including phenoxy) is 1. The molecule has 1 aliphatic heterocycles. The first-order valence-electron chi connectivity index (χ1n) is 10.2. The van der Waals surface area contributed by atoms with Crippen LogP contribution in [0.5, 0.6) is 5.75 Å². The van der Waals surface area contributed by atoms with E-state index in [1.165, 1.54) is 0 Å². The molecule has 158 valence electrons.